The second-order valence-corrected chi connectivity index (χ2v) is 5.56. The maximum atomic E-state index is 12.0. The van der Waals surface area contributed by atoms with Crippen molar-refractivity contribution in [1.29, 1.82) is 0 Å². The van der Waals surface area contributed by atoms with Gasteiger partial charge in [0.2, 0.25) is 0 Å². The molecule has 0 atom stereocenters. The first kappa shape index (κ1) is 16.6. The lowest BCUT2D eigenvalue weighted by molar-refractivity contribution is 0.209. The Labute approximate surface area is 144 Å². The SMILES string of the molecule is O=C(O)Nc1cccc(Oc2ccc(NC(=O)N3CCCC3)nc2)c1. The average molecular weight is 342 g/mol. The highest BCUT2D eigenvalue weighted by molar-refractivity contribution is 5.88. The van der Waals surface area contributed by atoms with Gasteiger partial charge in [-0.15, -0.1) is 0 Å². The van der Waals surface area contributed by atoms with Crippen LogP contribution in [-0.2, 0) is 0 Å². The van der Waals surface area contributed by atoms with Gasteiger partial charge in [0, 0.05) is 24.8 Å². The van der Waals surface area contributed by atoms with E-state index in [4.69, 9.17) is 9.84 Å². The van der Waals surface area contributed by atoms with E-state index in [9.17, 15) is 9.59 Å². The molecule has 0 bridgehead atoms. The number of nitrogens with one attached hydrogen (secondary N) is 2. The van der Waals surface area contributed by atoms with Gasteiger partial charge in [-0.2, -0.15) is 0 Å². The van der Waals surface area contributed by atoms with Crippen molar-refractivity contribution in [3.8, 4) is 11.5 Å². The van der Waals surface area contributed by atoms with Crippen molar-refractivity contribution in [2.24, 2.45) is 0 Å². The Hall–Kier alpha value is -3.29. The summed E-state index contributed by atoms with van der Waals surface area (Å²) in [6, 6.07) is 9.76. The average Bonchev–Trinajstić information content (AvgIpc) is 3.11. The largest absolute Gasteiger partial charge is 0.465 e. The molecule has 3 amide bonds. The second-order valence-electron chi connectivity index (χ2n) is 5.56. The minimum absolute atomic E-state index is 0.147. The molecule has 130 valence electrons. The minimum Gasteiger partial charge on any atom is -0.465 e. The van der Waals surface area contributed by atoms with Crippen LogP contribution in [0.15, 0.2) is 42.6 Å². The number of rotatable bonds is 4. The summed E-state index contributed by atoms with van der Waals surface area (Å²) in [4.78, 5) is 28.6. The van der Waals surface area contributed by atoms with Gasteiger partial charge in [0.1, 0.15) is 17.3 Å². The Kier molecular flexibility index (Phi) is 4.98. The third-order valence-electron chi connectivity index (χ3n) is 3.69. The number of nitrogens with zero attached hydrogens (tertiary/aromatic N) is 2. The number of carboxylic acid groups (broad SMARTS) is 1. The van der Waals surface area contributed by atoms with Gasteiger partial charge in [-0.05, 0) is 37.1 Å². The van der Waals surface area contributed by atoms with Crippen molar-refractivity contribution in [1.82, 2.24) is 9.88 Å². The Morgan fingerprint density at radius 3 is 2.56 bits per heavy atom. The van der Waals surface area contributed by atoms with E-state index in [2.05, 4.69) is 15.6 Å². The standard InChI is InChI=1S/C17H18N4O4/c22-16(21-8-1-2-9-21)20-15-7-6-14(11-18-15)25-13-5-3-4-12(10-13)19-17(23)24/h3-7,10-11,19H,1-2,8-9H2,(H,23,24)(H,18,20,22). The van der Waals surface area contributed by atoms with Crippen LogP contribution in [0, 0.1) is 0 Å². The number of urea groups is 1. The predicted octanol–water partition coefficient (Wildman–Crippen LogP) is 3.59. The zero-order chi connectivity index (χ0) is 17.6. The monoisotopic (exact) mass is 342 g/mol. The molecule has 2 aromatic rings. The van der Waals surface area contributed by atoms with Crippen LogP contribution in [0.3, 0.4) is 0 Å². The van der Waals surface area contributed by atoms with E-state index in [1.165, 1.54) is 6.20 Å². The van der Waals surface area contributed by atoms with Crippen molar-refractivity contribution in [2.45, 2.75) is 12.8 Å². The van der Waals surface area contributed by atoms with Crippen molar-refractivity contribution in [2.75, 3.05) is 23.7 Å². The number of hydrogen-bond acceptors (Lipinski definition) is 4. The molecule has 1 aliphatic heterocycles. The number of amides is 3. The summed E-state index contributed by atoms with van der Waals surface area (Å²) in [7, 11) is 0. The summed E-state index contributed by atoms with van der Waals surface area (Å²) in [6.45, 7) is 1.54. The van der Waals surface area contributed by atoms with Crippen molar-refractivity contribution >= 4 is 23.6 Å². The van der Waals surface area contributed by atoms with E-state index in [0.29, 0.717) is 23.0 Å². The van der Waals surface area contributed by atoms with Gasteiger partial charge >= 0.3 is 12.1 Å². The number of ether oxygens (including phenoxy) is 1. The number of carbonyl (C=O) groups excluding carboxylic acids is 1. The van der Waals surface area contributed by atoms with Crippen LogP contribution in [0.1, 0.15) is 12.8 Å². The van der Waals surface area contributed by atoms with Gasteiger partial charge in [-0.25, -0.2) is 14.6 Å². The highest BCUT2D eigenvalue weighted by Gasteiger charge is 2.17. The van der Waals surface area contributed by atoms with E-state index < -0.39 is 6.09 Å². The molecule has 0 unspecified atom stereocenters. The summed E-state index contributed by atoms with van der Waals surface area (Å²) in [6.07, 6.45) is 2.42. The van der Waals surface area contributed by atoms with Gasteiger partial charge < -0.3 is 14.7 Å². The van der Waals surface area contributed by atoms with E-state index in [1.807, 2.05) is 0 Å². The maximum absolute atomic E-state index is 12.0. The van der Waals surface area contributed by atoms with Gasteiger partial charge in [-0.3, -0.25) is 10.6 Å². The van der Waals surface area contributed by atoms with Crippen LogP contribution in [0.4, 0.5) is 21.1 Å². The van der Waals surface area contributed by atoms with Crippen LogP contribution in [-0.4, -0.2) is 40.2 Å². The van der Waals surface area contributed by atoms with Crippen LogP contribution >= 0.6 is 0 Å². The summed E-state index contributed by atoms with van der Waals surface area (Å²) in [5, 5.41) is 13.7. The molecule has 0 radical (unpaired) electrons. The first-order chi connectivity index (χ1) is 12.1. The lowest BCUT2D eigenvalue weighted by atomic mass is 10.3. The molecule has 0 aliphatic carbocycles. The van der Waals surface area contributed by atoms with Gasteiger partial charge in [0.25, 0.3) is 0 Å². The molecule has 1 saturated heterocycles. The molecule has 1 aromatic carbocycles. The number of hydrogen-bond donors (Lipinski definition) is 3. The van der Waals surface area contributed by atoms with E-state index in [0.717, 1.165) is 25.9 Å². The minimum atomic E-state index is -1.14. The molecule has 3 rings (SSSR count). The number of aromatic nitrogens is 1. The summed E-state index contributed by atoms with van der Waals surface area (Å²) >= 11 is 0. The fraction of sp³-hybridized carbons (Fsp3) is 0.235. The van der Waals surface area contributed by atoms with Crippen molar-refractivity contribution in [3.05, 3.63) is 42.6 Å². The summed E-state index contributed by atoms with van der Waals surface area (Å²) < 4.78 is 5.64. The van der Waals surface area contributed by atoms with Gasteiger partial charge in [0.15, 0.2) is 0 Å². The van der Waals surface area contributed by atoms with Crippen molar-refractivity contribution in [3.63, 3.8) is 0 Å². The zero-order valence-electron chi connectivity index (χ0n) is 13.4. The van der Waals surface area contributed by atoms with E-state index >= 15 is 0 Å². The third kappa shape index (κ3) is 4.60. The van der Waals surface area contributed by atoms with Gasteiger partial charge in [-0.1, -0.05) is 6.07 Å². The molecule has 0 saturated carbocycles. The molecule has 2 heterocycles. The lowest BCUT2D eigenvalue weighted by Gasteiger charge is -2.15. The number of pyridine rings is 1. The quantitative estimate of drug-likeness (QED) is 0.788. The normalized spacial score (nSPS) is 13.4. The van der Waals surface area contributed by atoms with E-state index in [1.54, 1.807) is 41.3 Å². The van der Waals surface area contributed by atoms with Crippen LogP contribution < -0.4 is 15.4 Å². The first-order valence-corrected chi connectivity index (χ1v) is 7.90. The molecular formula is C17H18N4O4. The molecule has 25 heavy (non-hydrogen) atoms. The fourth-order valence-corrected chi connectivity index (χ4v) is 2.52. The summed E-state index contributed by atoms with van der Waals surface area (Å²) in [5.74, 6) is 1.40. The summed E-state index contributed by atoms with van der Waals surface area (Å²) in [5.41, 5.74) is 0.410. The Balaban J connectivity index is 1.60. The van der Waals surface area contributed by atoms with Crippen LogP contribution in [0.25, 0.3) is 0 Å². The second kappa shape index (κ2) is 7.52. The molecular weight excluding hydrogens is 324 g/mol. The molecule has 0 spiro atoms. The Morgan fingerprint density at radius 2 is 1.88 bits per heavy atom. The smallest absolute Gasteiger partial charge is 0.409 e. The zero-order valence-corrected chi connectivity index (χ0v) is 13.4. The first-order valence-electron chi connectivity index (χ1n) is 7.90. The maximum Gasteiger partial charge on any atom is 0.409 e. The Morgan fingerprint density at radius 1 is 1.08 bits per heavy atom. The van der Waals surface area contributed by atoms with Crippen LogP contribution in [0.5, 0.6) is 11.5 Å². The number of anilines is 2. The molecule has 1 aliphatic rings. The predicted molar refractivity (Wildman–Crippen MR) is 92.2 cm³/mol. The highest BCUT2D eigenvalue weighted by atomic mass is 16.5. The highest BCUT2D eigenvalue weighted by Crippen LogP contribution is 2.24. The molecule has 3 N–H and O–H groups in total. The Bertz CT molecular complexity index is 757. The number of benzene rings is 1. The molecule has 8 heteroatoms. The lowest BCUT2D eigenvalue weighted by Crippen LogP contribution is -2.32. The van der Waals surface area contributed by atoms with E-state index in [-0.39, 0.29) is 6.03 Å². The van der Waals surface area contributed by atoms with Gasteiger partial charge in [0.05, 0.1) is 6.20 Å². The molecule has 1 aromatic heterocycles. The third-order valence-corrected chi connectivity index (χ3v) is 3.69. The number of carbonyl (C=O) groups is 2. The molecule has 1 fully saturated rings. The van der Waals surface area contributed by atoms with Crippen LogP contribution in [0.2, 0.25) is 0 Å². The fourth-order valence-electron chi connectivity index (χ4n) is 2.52. The topological polar surface area (TPSA) is 104 Å². The molecule has 8 nitrogen and oxygen atoms in total. The van der Waals surface area contributed by atoms with Crippen molar-refractivity contribution < 1.29 is 19.4 Å². The number of likely N-dealkylation sites (tertiary alicyclic amines) is 1.